The van der Waals surface area contributed by atoms with Crippen molar-refractivity contribution in [2.24, 2.45) is 5.73 Å². The Balaban J connectivity index is 2.35. The van der Waals surface area contributed by atoms with E-state index in [1.807, 2.05) is 30.3 Å². The first kappa shape index (κ1) is 12.0. The lowest BCUT2D eigenvalue weighted by Crippen LogP contribution is -2.35. The van der Waals surface area contributed by atoms with Crippen LogP contribution in [0.3, 0.4) is 0 Å². The Labute approximate surface area is 109 Å². The SMILES string of the molecule is NC1(c2ccc(Cl)cc2)C=CC(Cl)=C(Cl)C1. The van der Waals surface area contributed by atoms with E-state index in [2.05, 4.69) is 0 Å². The van der Waals surface area contributed by atoms with E-state index in [4.69, 9.17) is 40.5 Å². The molecule has 84 valence electrons. The molecular weight excluding hydrogens is 264 g/mol. The number of benzene rings is 1. The normalized spacial score (nSPS) is 25.0. The van der Waals surface area contributed by atoms with Gasteiger partial charge in [-0.2, -0.15) is 0 Å². The molecular formula is C12H10Cl3N. The molecule has 0 amide bonds. The molecule has 0 bridgehead atoms. The van der Waals surface area contributed by atoms with Gasteiger partial charge in [-0.05, 0) is 23.8 Å². The van der Waals surface area contributed by atoms with Crippen molar-refractivity contribution < 1.29 is 0 Å². The fourth-order valence-electron chi connectivity index (χ4n) is 1.67. The monoisotopic (exact) mass is 273 g/mol. The molecule has 0 fully saturated rings. The summed E-state index contributed by atoms with van der Waals surface area (Å²) < 4.78 is 0. The third-order valence-corrected chi connectivity index (χ3v) is 3.66. The molecule has 1 aliphatic rings. The Morgan fingerprint density at radius 1 is 1.06 bits per heavy atom. The first-order valence-corrected chi connectivity index (χ1v) is 5.93. The van der Waals surface area contributed by atoms with Gasteiger partial charge >= 0.3 is 0 Å². The maximum absolute atomic E-state index is 6.28. The molecule has 1 unspecified atom stereocenters. The Bertz CT molecular complexity index is 462. The second-order valence-corrected chi connectivity index (χ2v) is 5.11. The third-order valence-electron chi connectivity index (χ3n) is 2.62. The van der Waals surface area contributed by atoms with Crippen molar-refractivity contribution in [3.8, 4) is 0 Å². The minimum absolute atomic E-state index is 0.505. The minimum atomic E-state index is -0.597. The molecule has 2 N–H and O–H groups in total. The summed E-state index contributed by atoms with van der Waals surface area (Å²) in [6.07, 6.45) is 4.11. The average Bonchev–Trinajstić information content (AvgIpc) is 2.25. The smallest absolute Gasteiger partial charge is 0.0649 e. The molecule has 0 saturated carbocycles. The third kappa shape index (κ3) is 2.28. The van der Waals surface area contributed by atoms with Crippen molar-refractivity contribution in [2.75, 3.05) is 0 Å². The van der Waals surface area contributed by atoms with Crippen molar-refractivity contribution in [1.29, 1.82) is 0 Å². The van der Waals surface area contributed by atoms with Gasteiger partial charge in [0.25, 0.3) is 0 Å². The van der Waals surface area contributed by atoms with Crippen LogP contribution in [0, 0.1) is 0 Å². The van der Waals surface area contributed by atoms with Gasteiger partial charge in [0.2, 0.25) is 0 Å². The van der Waals surface area contributed by atoms with E-state index in [0.717, 1.165) is 5.56 Å². The van der Waals surface area contributed by atoms with Crippen LogP contribution in [0.5, 0.6) is 0 Å². The Kier molecular flexibility index (Phi) is 3.32. The van der Waals surface area contributed by atoms with E-state index >= 15 is 0 Å². The number of rotatable bonds is 1. The molecule has 1 aliphatic carbocycles. The van der Waals surface area contributed by atoms with E-state index < -0.39 is 5.54 Å². The van der Waals surface area contributed by atoms with Gasteiger partial charge in [0.15, 0.2) is 0 Å². The molecule has 0 spiro atoms. The molecule has 16 heavy (non-hydrogen) atoms. The molecule has 0 saturated heterocycles. The first-order valence-electron chi connectivity index (χ1n) is 4.79. The molecule has 1 atom stereocenters. The molecule has 0 heterocycles. The van der Waals surface area contributed by atoms with Gasteiger partial charge in [0.1, 0.15) is 0 Å². The second-order valence-electron chi connectivity index (χ2n) is 3.81. The van der Waals surface area contributed by atoms with Crippen LogP contribution in [0.15, 0.2) is 46.5 Å². The van der Waals surface area contributed by atoms with Crippen LogP contribution in [0.4, 0.5) is 0 Å². The van der Waals surface area contributed by atoms with Gasteiger partial charge in [-0.25, -0.2) is 0 Å². The lowest BCUT2D eigenvalue weighted by Gasteiger charge is -2.29. The zero-order valence-corrected chi connectivity index (χ0v) is 10.7. The van der Waals surface area contributed by atoms with E-state index in [9.17, 15) is 0 Å². The molecule has 0 aliphatic heterocycles. The van der Waals surface area contributed by atoms with Crippen LogP contribution >= 0.6 is 34.8 Å². The number of hydrogen-bond acceptors (Lipinski definition) is 1. The summed E-state index contributed by atoms with van der Waals surface area (Å²) >= 11 is 17.7. The molecule has 2 rings (SSSR count). The number of allylic oxidation sites excluding steroid dienone is 2. The molecule has 1 aromatic rings. The predicted molar refractivity (Wildman–Crippen MR) is 69.8 cm³/mol. The molecule has 0 radical (unpaired) electrons. The van der Waals surface area contributed by atoms with Gasteiger partial charge in [-0.1, -0.05) is 53.0 Å². The lowest BCUT2D eigenvalue weighted by molar-refractivity contribution is 0.559. The maximum Gasteiger partial charge on any atom is 0.0649 e. The van der Waals surface area contributed by atoms with Crippen LogP contribution in [0.1, 0.15) is 12.0 Å². The van der Waals surface area contributed by atoms with Gasteiger partial charge in [0.05, 0.1) is 10.6 Å². The summed E-state index contributed by atoms with van der Waals surface area (Å²) in [5.41, 5.74) is 6.65. The molecule has 4 heteroatoms. The van der Waals surface area contributed by atoms with Crippen molar-refractivity contribution in [3.05, 3.63) is 57.1 Å². The quantitative estimate of drug-likeness (QED) is 0.818. The van der Waals surface area contributed by atoms with E-state index in [1.54, 1.807) is 6.08 Å². The highest BCUT2D eigenvalue weighted by atomic mass is 35.5. The highest BCUT2D eigenvalue weighted by molar-refractivity contribution is 6.40. The summed E-state index contributed by atoms with van der Waals surface area (Å²) in [7, 11) is 0. The van der Waals surface area contributed by atoms with Gasteiger partial charge in [-0.3, -0.25) is 0 Å². The summed E-state index contributed by atoms with van der Waals surface area (Å²) in [6.45, 7) is 0. The van der Waals surface area contributed by atoms with E-state index in [0.29, 0.717) is 21.5 Å². The second kappa shape index (κ2) is 4.42. The topological polar surface area (TPSA) is 26.0 Å². The highest BCUT2D eigenvalue weighted by Crippen LogP contribution is 2.36. The summed E-state index contributed by atoms with van der Waals surface area (Å²) in [5, 5.41) is 1.82. The van der Waals surface area contributed by atoms with Crippen LogP contribution in [-0.4, -0.2) is 0 Å². The van der Waals surface area contributed by atoms with Gasteiger partial charge in [0, 0.05) is 16.5 Å². The largest absolute Gasteiger partial charge is 0.318 e. The Morgan fingerprint density at radius 3 is 2.25 bits per heavy atom. The Hall–Kier alpha value is -0.470. The van der Waals surface area contributed by atoms with Gasteiger partial charge < -0.3 is 5.73 Å². The fraction of sp³-hybridized carbons (Fsp3) is 0.167. The summed E-state index contributed by atoms with van der Waals surface area (Å²) in [4.78, 5) is 0. The first-order chi connectivity index (χ1) is 7.51. The predicted octanol–water partition coefficient (Wildman–Crippen LogP) is 4.14. The summed E-state index contributed by atoms with van der Waals surface area (Å²) in [5.74, 6) is 0. The minimum Gasteiger partial charge on any atom is -0.318 e. The number of hydrogen-bond donors (Lipinski definition) is 1. The van der Waals surface area contributed by atoms with Gasteiger partial charge in [-0.15, -0.1) is 0 Å². The van der Waals surface area contributed by atoms with Crippen LogP contribution in [-0.2, 0) is 5.54 Å². The molecule has 1 aromatic carbocycles. The van der Waals surface area contributed by atoms with Crippen LogP contribution < -0.4 is 5.73 Å². The molecule has 1 nitrogen and oxygen atoms in total. The van der Waals surface area contributed by atoms with E-state index in [1.165, 1.54) is 0 Å². The van der Waals surface area contributed by atoms with Crippen molar-refractivity contribution in [3.63, 3.8) is 0 Å². The number of nitrogens with two attached hydrogens (primary N) is 1. The van der Waals surface area contributed by atoms with Crippen molar-refractivity contribution in [2.45, 2.75) is 12.0 Å². The van der Waals surface area contributed by atoms with Crippen LogP contribution in [0.2, 0.25) is 5.02 Å². The zero-order valence-electron chi connectivity index (χ0n) is 8.38. The molecule has 0 aromatic heterocycles. The van der Waals surface area contributed by atoms with Crippen LogP contribution in [0.25, 0.3) is 0 Å². The standard InChI is InChI=1S/C12H10Cl3N/c13-9-3-1-8(2-4-9)12(16)6-5-10(14)11(15)7-12/h1-6H,7,16H2. The Morgan fingerprint density at radius 2 is 1.69 bits per heavy atom. The fourth-order valence-corrected chi connectivity index (χ4v) is 2.21. The van der Waals surface area contributed by atoms with E-state index in [-0.39, 0.29) is 0 Å². The zero-order chi connectivity index (χ0) is 11.8. The summed E-state index contributed by atoms with van der Waals surface area (Å²) in [6, 6.07) is 7.42. The van der Waals surface area contributed by atoms with Crippen molar-refractivity contribution >= 4 is 34.8 Å². The maximum atomic E-state index is 6.28. The average molecular weight is 275 g/mol. The van der Waals surface area contributed by atoms with Crippen molar-refractivity contribution in [1.82, 2.24) is 0 Å². The number of halogens is 3. The lowest BCUT2D eigenvalue weighted by atomic mass is 9.85. The highest BCUT2D eigenvalue weighted by Gasteiger charge is 2.28.